The van der Waals surface area contributed by atoms with E-state index >= 15 is 0 Å². The fourth-order valence-corrected chi connectivity index (χ4v) is 3.69. The first-order valence-corrected chi connectivity index (χ1v) is 9.66. The summed E-state index contributed by atoms with van der Waals surface area (Å²) in [4.78, 5) is 3.48. The van der Waals surface area contributed by atoms with Crippen molar-refractivity contribution in [2.45, 2.75) is 38.3 Å². The number of aromatic amines is 1. The van der Waals surface area contributed by atoms with Gasteiger partial charge in [-0.1, -0.05) is 6.07 Å². The molecule has 0 unspecified atom stereocenters. The molecule has 0 saturated heterocycles. The largest absolute Gasteiger partial charge is 0.491 e. The SMILES string of the molecule is Cc1cc2cc(CNS(=O)(=O)c3ccc(OC(C)C)cc3)ccc2[nH]1. The van der Waals surface area contributed by atoms with Crippen LogP contribution in [0.5, 0.6) is 5.75 Å². The van der Waals surface area contributed by atoms with Crippen LogP contribution in [0.3, 0.4) is 0 Å². The average molecular weight is 358 g/mol. The lowest BCUT2D eigenvalue weighted by Crippen LogP contribution is -2.23. The highest BCUT2D eigenvalue weighted by molar-refractivity contribution is 7.89. The molecule has 0 radical (unpaired) electrons. The molecule has 0 aliphatic heterocycles. The molecule has 0 atom stereocenters. The van der Waals surface area contributed by atoms with Gasteiger partial charge in [0.05, 0.1) is 11.0 Å². The number of benzene rings is 2. The minimum atomic E-state index is -3.57. The molecule has 0 fully saturated rings. The number of aryl methyl sites for hydroxylation is 1. The molecule has 3 rings (SSSR count). The Balaban J connectivity index is 1.71. The zero-order valence-corrected chi connectivity index (χ0v) is 15.4. The van der Waals surface area contributed by atoms with Crippen molar-refractivity contribution in [3.05, 3.63) is 59.8 Å². The first-order chi connectivity index (χ1) is 11.8. The Morgan fingerprint density at radius 1 is 1.08 bits per heavy atom. The van der Waals surface area contributed by atoms with Crippen LogP contribution < -0.4 is 9.46 Å². The monoisotopic (exact) mass is 358 g/mol. The van der Waals surface area contributed by atoms with Crippen LogP contribution in [0.1, 0.15) is 25.1 Å². The van der Waals surface area contributed by atoms with Gasteiger partial charge in [0, 0.05) is 17.8 Å². The van der Waals surface area contributed by atoms with Crippen LogP contribution in [0.2, 0.25) is 0 Å². The Bertz CT molecular complexity index is 974. The van der Waals surface area contributed by atoms with Gasteiger partial charge in [-0.25, -0.2) is 13.1 Å². The van der Waals surface area contributed by atoms with E-state index in [0.717, 1.165) is 22.2 Å². The van der Waals surface area contributed by atoms with E-state index in [9.17, 15) is 8.42 Å². The molecule has 132 valence electrons. The normalized spacial score (nSPS) is 12.0. The molecule has 3 aromatic rings. The van der Waals surface area contributed by atoms with Crippen molar-refractivity contribution in [1.82, 2.24) is 9.71 Å². The van der Waals surface area contributed by atoms with E-state index in [2.05, 4.69) is 9.71 Å². The Morgan fingerprint density at radius 3 is 2.48 bits per heavy atom. The van der Waals surface area contributed by atoms with Crippen molar-refractivity contribution in [3.63, 3.8) is 0 Å². The fraction of sp³-hybridized carbons (Fsp3) is 0.263. The molecule has 0 bridgehead atoms. The van der Waals surface area contributed by atoms with Gasteiger partial charge in [0.15, 0.2) is 0 Å². The maximum Gasteiger partial charge on any atom is 0.240 e. The minimum absolute atomic E-state index is 0.0487. The predicted molar refractivity (Wildman–Crippen MR) is 99.3 cm³/mol. The maximum atomic E-state index is 12.4. The Hall–Kier alpha value is -2.31. The van der Waals surface area contributed by atoms with E-state index in [1.807, 2.05) is 45.0 Å². The van der Waals surface area contributed by atoms with Crippen LogP contribution >= 0.6 is 0 Å². The summed E-state index contributed by atoms with van der Waals surface area (Å²) < 4.78 is 33.1. The summed E-state index contributed by atoms with van der Waals surface area (Å²) in [5, 5.41) is 1.07. The van der Waals surface area contributed by atoms with Gasteiger partial charge in [-0.2, -0.15) is 0 Å². The van der Waals surface area contributed by atoms with Crippen molar-refractivity contribution in [3.8, 4) is 5.75 Å². The van der Waals surface area contributed by atoms with Gasteiger partial charge in [-0.15, -0.1) is 0 Å². The number of aromatic nitrogens is 1. The third kappa shape index (κ3) is 4.21. The number of hydrogen-bond donors (Lipinski definition) is 2. The number of rotatable bonds is 6. The van der Waals surface area contributed by atoms with Crippen LogP contribution in [0.15, 0.2) is 53.4 Å². The van der Waals surface area contributed by atoms with E-state index in [-0.39, 0.29) is 17.5 Å². The predicted octanol–water partition coefficient (Wildman–Crippen LogP) is 3.74. The van der Waals surface area contributed by atoms with Gasteiger partial charge in [0.1, 0.15) is 5.75 Å². The van der Waals surface area contributed by atoms with Gasteiger partial charge >= 0.3 is 0 Å². The van der Waals surface area contributed by atoms with E-state index in [1.54, 1.807) is 24.3 Å². The highest BCUT2D eigenvalue weighted by Crippen LogP contribution is 2.19. The lowest BCUT2D eigenvalue weighted by molar-refractivity contribution is 0.242. The molecule has 2 N–H and O–H groups in total. The fourth-order valence-electron chi connectivity index (χ4n) is 2.67. The van der Waals surface area contributed by atoms with Crippen LogP contribution in [0, 0.1) is 6.92 Å². The smallest absolute Gasteiger partial charge is 0.240 e. The quantitative estimate of drug-likeness (QED) is 0.705. The summed E-state index contributed by atoms with van der Waals surface area (Å²) in [5.74, 6) is 0.655. The zero-order valence-electron chi connectivity index (χ0n) is 14.5. The molecule has 6 heteroatoms. The van der Waals surface area contributed by atoms with Crippen LogP contribution in [-0.2, 0) is 16.6 Å². The van der Waals surface area contributed by atoms with Crippen molar-refractivity contribution in [2.24, 2.45) is 0 Å². The Morgan fingerprint density at radius 2 is 1.80 bits per heavy atom. The number of ether oxygens (including phenoxy) is 1. The summed E-state index contributed by atoms with van der Waals surface area (Å²) in [6.07, 6.45) is 0.0487. The van der Waals surface area contributed by atoms with Gasteiger partial charge < -0.3 is 9.72 Å². The number of nitrogens with one attached hydrogen (secondary N) is 2. The highest BCUT2D eigenvalue weighted by atomic mass is 32.2. The van der Waals surface area contributed by atoms with Gasteiger partial charge in [0.25, 0.3) is 0 Å². The van der Waals surface area contributed by atoms with Crippen molar-refractivity contribution >= 4 is 20.9 Å². The van der Waals surface area contributed by atoms with Crippen molar-refractivity contribution in [2.75, 3.05) is 0 Å². The molecule has 0 saturated carbocycles. The molecule has 1 heterocycles. The van der Waals surface area contributed by atoms with Crippen molar-refractivity contribution < 1.29 is 13.2 Å². The molecule has 0 amide bonds. The molecule has 0 aliphatic rings. The van der Waals surface area contributed by atoms with Crippen LogP contribution in [-0.4, -0.2) is 19.5 Å². The lowest BCUT2D eigenvalue weighted by atomic mass is 10.1. The van der Waals surface area contributed by atoms with Gasteiger partial charge in [0.2, 0.25) is 10.0 Å². The molecule has 5 nitrogen and oxygen atoms in total. The molecular weight excluding hydrogens is 336 g/mol. The van der Waals surface area contributed by atoms with Crippen LogP contribution in [0.25, 0.3) is 10.9 Å². The van der Waals surface area contributed by atoms with Crippen LogP contribution in [0.4, 0.5) is 0 Å². The third-order valence-corrected chi connectivity index (χ3v) is 5.21. The van der Waals surface area contributed by atoms with E-state index < -0.39 is 10.0 Å². The van der Waals surface area contributed by atoms with Gasteiger partial charge in [-0.05, 0) is 74.2 Å². The topological polar surface area (TPSA) is 71.2 Å². The molecule has 2 aromatic carbocycles. The summed E-state index contributed by atoms with van der Waals surface area (Å²) >= 11 is 0. The highest BCUT2D eigenvalue weighted by Gasteiger charge is 2.14. The second-order valence-electron chi connectivity index (χ2n) is 6.34. The standard InChI is InChI=1S/C19H22N2O3S/c1-13(2)24-17-5-7-18(8-6-17)25(22,23)20-12-15-4-9-19-16(11-15)10-14(3)21-19/h4-11,13,20-21H,12H2,1-3H3. The number of H-pyrrole nitrogens is 1. The second kappa shape index (κ2) is 6.90. The Labute approximate surface area is 148 Å². The summed E-state index contributed by atoms with van der Waals surface area (Å²) in [6, 6.07) is 14.4. The number of hydrogen-bond acceptors (Lipinski definition) is 3. The van der Waals surface area contributed by atoms with E-state index in [0.29, 0.717) is 5.75 Å². The summed E-state index contributed by atoms with van der Waals surface area (Å²) in [6.45, 7) is 6.09. The molecule has 1 aromatic heterocycles. The van der Waals surface area contributed by atoms with E-state index in [4.69, 9.17) is 4.74 Å². The molecule has 0 spiro atoms. The van der Waals surface area contributed by atoms with E-state index in [1.165, 1.54) is 0 Å². The maximum absolute atomic E-state index is 12.4. The number of fused-ring (bicyclic) bond motifs is 1. The third-order valence-electron chi connectivity index (χ3n) is 3.79. The summed E-state index contributed by atoms with van der Waals surface area (Å²) in [5.41, 5.74) is 3.04. The van der Waals surface area contributed by atoms with Crippen molar-refractivity contribution in [1.29, 1.82) is 0 Å². The number of sulfonamides is 1. The molecular formula is C19H22N2O3S. The minimum Gasteiger partial charge on any atom is -0.491 e. The average Bonchev–Trinajstić information content (AvgIpc) is 2.92. The first kappa shape index (κ1) is 17.5. The zero-order chi connectivity index (χ0) is 18.0. The first-order valence-electron chi connectivity index (χ1n) is 8.18. The van der Waals surface area contributed by atoms with Gasteiger partial charge in [-0.3, -0.25) is 0 Å². The second-order valence-corrected chi connectivity index (χ2v) is 8.10. The Kier molecular flexibility index (Phi) is 4.83. The molecule has 25 heavy (non-hydrogen) atoms. The molecule has 0 aliphatic carbocycles. The lowest BCUT2D eigenvalue weighted by Gasteiger charge is -2.11. The summed E-state index contributed by atoms with van der Waals surface area (Å²) in [7, 11) is -3.57.